The number of benzene rings is 1. The fraction of sp³-hybridized carbons (Fsp3) is 0.417. The second-order valence-corrected chi connectivity index (χ2v) is 4.68. The van der Waals surface area contributed by atoms with E-state index in [1.165, 1.54) is 24.3 Å². The van der Waals surface area contributed by atoms with Gasteiger partial charge in [0.05, 0.1) is 0 Å². The first kappa shape index (κ1) is 16.6. The van der Waals surface area contributed by atoms with Crippen LogP contribution in [0.2, 0.25) is 0 Å². The van der Waals surface area contributed by atoms with Gasteiger partial charge < -0.3 is 35.1 Å². The summed E-state index contributed by atoms with van der Waals surface area (Å²) in [5.41, 5.74) is 0.0105. The Bertz CT molecular complexity index is 520. The summed E-state index contributed by atoms with van der Waals surface area (Å²) in [4.78, 5) is 10.9. The molecule has 0 saturated carbocycles. The van der Waals surface area contributed by atoms with Gasteiger partial charge in [-0.3, -0.25) is 0 Å². The van der Waals surface area contributed by atoms with Crippen LogP contribution in [-0.2, 0) is 9.53 Å². The van der Waals surface area contributed by atoms with E-state index in [2.05, 4.69) is 0 Å². The van der Waals surface area contributed by atoms with Gasteiger partial charge in [-0.25, -0.2) is 10.0 Å². The Balaban J connectivity index is 2.11. The molecule has 10 heteroatoms. The first-order chi connectivity index (χ1) is 10.3. The molecule has 0 radical (unpaired) electrons. The van der Waals surface area contributed by atoms with Gasteiger partial charge in [0, 0.05) is 12.1 Å². The molecule has 1 fully saturated rings. The number of carboxylic acids is 1. The van der Waals surface area contributed by atoms with E-state index in [0.717, 1.165) is 0 Å². The average molecular weight is 317 g/mol. The maximum atomic E-state index is 10.9. The molecule has 22 heavy (non-hydrogen) atoms. The van der Waals surface area contributed by atoms with E-state index < -0.39 is 41.9 Å². The van der Waals surface area contributed by atoms with Crippen LogP contribution in [0.4, 0.5) is 5.69 Å². The summed E-state index contributed by atoms with van der Waals surface area (Å²) in [6.45, 7) is 0. The zero-order valence-corrected chi connectivity index (χ0v) is 11.1. The van der Waals surface area contributed by atoms with Crippen molar-refractivity contribution < 1.29 is 45.1 Å². The highest BCUT2D eigenvalue weighted by molar-refractivity contribution is 5.73. The molecule has 6 N–H and O–H groups in total. The van der Waals surface area contributed by atoms with Crippen molar-refractivity contribution in [3.8, 4) is 5.75 Å². The second kappa shape index (κ2) is 6.54. The van der Waals surface area contributed by atoms with Crippen LogP contribution >= 0.6 is 0 Å². The number of nitrogens with one attached hydrogen (secondary N) is 1. The summed E-state index contributed by atoms with van der Waals surface area (Å²) < 4.78 is 10.1. The van der Waals surface area contributed by atoms with E-state index in [-0.39, 0.29) is 11.4 Å². The normalized spacial score (nSPS) is 33.2. The SMILES string of the molecule is O=C(O)[C@@H]1O[C@H](Oc2ccc([NH+]([O-])O)cc2)[C@@H](O)[C@H](O)[C@@H]1O. The molecular weight excluding hydrogens is 302 g/mol. The minimum Gasteiger partial charge on any atom is -0.595 e. The van der Waals surface area contributed by atoms with E-state index in [0.29, 0.717) is 0 Å². The third-order valence-corrected chi connectivity index (χ3v) is 3.17. The van der Waals surface area contributed by atoms with E-state index in [9.17, 15) is 25.3 Å². The highest BCUT2D eigenvalue weighted by atomic mass is 16.8. The van der Waals surface area contributed by atoms with Crippen molar-refractivity contribution in [2.75, 3.05) is 0 Å². The second-order valence-electron chi connectivity index (χ2n) is 4.68. The van der Waals surface area contributed by atoms with Crippen LogP contribution in [0.3, 0.4) is 0 Å². The van der Waals surface area contributed by atoms with Gasteiger partial charge in [-0.2, -0.15) is 5.23 Å². The summed E-state index contributed by atoms with van der Waals surface area (Å²) in [5.74, 6) is -1.42. The Kier molecular flexibility index (Phi) is 4.93. The largest absolute Gasteiger partial charge is 0.595 e. The molecule has 10 nitrogen and oxygen atoms in total. The summed E-state index contributed by atoms with van der Waals surface area (Å²) in [5, 5.41) is 56.2. The minimum absolute atomic E-state index is 0.0105. The van der Waals surface area contributed by atoms with Gasteiger partial charge in [-0.05, 0) is 12.1 Å². The molecule has 2 rings (SSSR count). The lowest BCUT2D eigenvalue weighted by molar-refractivity contribution is -0.991. The van der Waals surface area contributed by atoms with E-state index >= 15 is 0 Å². The summed E-state index contributed by atoms with van der Waals surface area (Å²) in [6, 6.07) is 5.05. The van der Waals surface area contributed by atoms with Crippen molar-refractivity contribution in [1.29, 1.82) is 0 Å². The van der Waals surface area contributed by atoms with Gasteiger partial charge in [0.1, 0.15) is 24.1 Å². The molecule has 6 atom stereocenters. The third kappa shape index (κ3) is 3.34. The molecule has 1 aliphatic heterocycles. The fourth-order valence-electron chi connectivity index (χ4n) is 1.96. The number of hydrogen-bond acceptors (Lipinski definition) is 8. The summed E-state index contributed by atoms with van der Waals surface area (Å²) >= 11 is 0. The molecule has 1 aromatic rings. The van der Waals surface area contributed by atoms with Gasteiger partial charge in [0.15, 0.2) is 11.8 Å². The van der Waals surface area contributed by atoms with Gasteiger partial charge >= 0.3 is 5.97 Å². The molecule has 0 aliphatic carbocycles. The number of rotatable bonds is 4. The lowest BCUT2D eigenvalue weighted by Gasteiger charge is -2.38. The standard InChI is InChI=1S/C12H15NO9/c14-7-8(15)10(11(17)18)22-12(9(7)16)21-6-3-1-5(2-4-6)13(19)20/h1-4,7-10,12-16,19H,(H,17,18)/t7-,8+,9+,10-,12+/m1/s1. The molecular formula is C12H15NO9. The smallest absolute Gasteiger partial charge is 0.335 e. The van der Waals surface area contributed by atoms with Crippen molar-refractivity contribution in [2.45, 2.75) is 30.7 Å². The minimum atomic E-state index is -1.80. The molecule has 0 spiro atoms. The number of ether oxygens (including phenoxy) is 2. The van der Waals surface area contributed by atoms with E-state index in [4.69, 9.17) is 19.8 Å². The number of aliphatic hydroxyl groups is 3. The molecule has 1 aromatic carbocycles. The van der Waals surface area contributed by atoms with Gasteiger partial charge in [-0.1, -0.05) is 0 Å². The topological polar surface area (TPSA) is 164 Å². The quantitative estimate of drug-likeness (QED) is 0.326. The van der Waals surface area contributed by atoms with Crippen LogP contribution in [0.1, 0.15) is 0 Å². The molecule has 0 bridgehead atoms. The number of carbonyl (C=O) groups is 1. The summed E-state index contributed by atoms with van der Waals surface area (Å²) in [6.07, 6.45) is -8.54. The number of quaternary nitrogens is 1. The van der Waals surface area contributed by atoms with Crippen LogP contribution in [0.15, 0.2) is 24.3 Å². The van der Waals surface area contributed by atoms with Gasteiger partial charge in [-0.15, -0.1) is 0 Å². The maximum absolute atomic E-state index is 10.9. The van der Waals surface area contributed by atoms with Crippen LogP contribution < -0.4 is 9.96 Å². The molecule has 1 unspecified atom stereocenters. The number of carboxylic acid groups (broad SMARTS) is 1. The van der Waals surface area contributed by atoms with Crippen molar-refractivity contribution >= 4 is 11.7 Å². The summed E-state index contributed by atoms with van der Waals surface area (Å²) in [7, 11) is 0. The molecule has 1 aliphatic rings. The van der Waals surface area contributed by atoms with Gasteiger partial charge in [0.25, 0.3) is 0 Å². The fourth-order valence-corrected chi connectivity index (χ4v) is 1.96. The van der Waals surface area contributed by atoms with Gasteiger partial charge in [0.2, 0.25) is 6.29 Å². The van der Waals surface area contributed by atoms with E-state index in [1.807, 2.05) is 0 Å². The zero-order chi connectivity index (χ0) is 16.4. The molecule has 0 amide bonds. The van der Waals surface area contributed by atoms with E-state index in [1.54, 1.807) is 0 Å². The predicted octanol–water partition coefficient (Wildman–Crippen LogP) is -2.64. The van der Waals surface area contributed by atoms with Crippen molar-refractivity contribution in [2.24, 2.45) is 0 Å². The van der Waals surface area contributed by atoms with Crippen LogP contribution in [-0.4, -0.2) is 62.3 Å². The first-order valence-electron chi connectivity index (χ1n) is 6.23. The average Bonchev–Trinajstić information content (AvgIpc) is 2.48. The molecule has 0 aromatic heterocycles. The van der Waals surface area contributed by atoms with Crippen molar-refractivity contribution in [3.63, 3.8) is 0 Å². The lowest BCUT2D eigenvalue weighted by Crippen LogP contribution is -2.99. The van der Waals surface area contributed by atoms with Crippen LogP contribution in [0, 0.1) is 5.21 Å². The third-order valence-electron chi connectivity index (χ3n) is 3.17. The Hall–Kier alpha value is -1.79. The Morgan fingerprint density at radius 1 is 1.14 bits per heavy atom. The van der Waals surface area contributed by atoms with Crippen molar-refractivity contribution in [1.82, 2.24) is 0 Å². The Morgan fingerprint density at radius 3 is 2.23 bits per heavy atom. The van der Waals surface area contributed by atoms with Crippen molar-refractivity contribution in [3.05, 3.63) is 29.5 Å². The number of aliphatic carboxylic acids is 1. The highest BCUT2D eigenvalue weighted by Crippen LogP contribution is 2.24. The Labute approximate surface area is 123 Å². The number of aliphatic hydroxyl groups excluding tert-OH is 3. The monoisotopic (exact) mass is 317 g/mol. The molecule has 1 saturated heterocycles. The highest BCUT2D eigenvalue weighted by Gasteiger charge is 2.48. The zero-order valence-electron chi connectivity index (χ0n) is 11.1. The molecule has 1 heterocycles. The predicted molar refractivity (Wildman–Crippen MR) is 67.2 cm³/mol. The maximum Gasteiger partial charge on any atom is 0.335 e. The number of hydrogen-bond donors (Lipinski definition) is 6. The van der Waals surface area contributed by atoms with Crippen LogP contribution in [0.5, 0.6) is 5.75 Å². The van der Waals surface area contributed by atoms with Crippen LogP contribution in [0.25, 0.3) is 0 Å². The molecule has 122 valence electrons. The first-order valence-corrected chi connectivity index (χ1v) is 6.23. The lowest BCUT2D eigenvalue weighted by atomic mass is 9.99. The Morgan fingerprint density at radius 2 is 1.73 bits per heavy atom.